The van der Waals surface area contributed by atoms with Crippen molar-refractivity contribution in [2.75, 3.05) is 13.7 Å². The summed E-state index contributed by atoms with van der Waals surface area (Å²) in [5, 5.41) is 3.36. The summed E-state index contributed by atoms with van der Waals surface area (Å²) in [7, 11) is 1.74. The van der Waals surface area contributed by atoms with Crippen molar-refractivity contribution in [3.05, 3.63) is 23.7 Å². The van der Waals surface area contributed by atoms with E-state index in [0.717, 1.165) is 30.5 Å². The minimum atomic E-state index is -0.125. The molecule has 2 rings (SSSR count). The van der Waals surface area contributed by atoms with Crippen molar-refractivity contribution in [1.29, 1.82) is 0 Å². The van der Waals surface area contributed by atoms with Crippen LogP contribution in [0, 0.1) is 5.92 Å². The van der Waals surface area contributed by atoms with Crippen LogP contribution in [0.5, 0.6) is 0 Å². The molecule has 1 aromatic rings. The van der Waals surface area contributed by atoms with Crippen molar-refractivity contribution in [3.63, 3.8) is 0 Å². The highest BCUT2D eigenvalue weighted by atomic mass is 16.5. The van der Waals surface area contributed by atoms with Crippen molar-refractivity contribution in [3.8, 4) is 0 Å². The van der Waals surface area contributed by atoms with Gasteiger partial charge >= 0.3 is 0 Å². The maximum atomic E-state index is 5.82. The first-order chi connectivity index (χ1) is 8.02. The molecule has 1 heterocycles. The van der Waals surface area contributed by atoms with Crippen molar-refractivity contribution in [1.82, 2.24) is 5.32 Å². The van der Waals surface area contributed by atoms with E-state index in [0.29, 0.717) is 5.92 Å². The Morgan fingerprint density at radius 3 is 2.76 bits per heavy atom. The van der Waals surface area contributed by atoms with Crippen molar-refractivity contribution in [2.24, 2.45) is 5.92 Å². The fourth-order valence-corrected chi connectivity index (χ4v) is 1.97. The van der Waals surface area contributed by atoms with Crippen LogP contribution in [0.3, 0.4) is 0 Å². The Morgan fingerprint density at radius 1 is 1.47 bits per heavy atom. The molecular formula is C14H23NO2. The number of rotatable bonds is 6. The topological polar surface area (TPSA) is 34.4 Å². The molecule has 2 unspecified atom stereocenters. The third kappa shape index (κ3) is 3.33. The Bertz CT molecular complexity index is 370. The van der Waals surface area contributed by atoms with E-state index in [4.69, 9.17) is 9.15 Å². The quantitative estimate of drug-likeness (QED) is 0.826. The van der Waals surface area contributed by atoms with Gasteiger partial charge in [-0.15, -0.1) is 0 Å². The molecule has 3 heteroatoms. The highest BCUT2D eigenvalue weighted by molar-refractivity contribution is 5.17. The summed E-state index contributed by atoms with van der Waals surface area (Å²) in [6.45, 7) is 8.00. The van der Waals surface area contributed by atoms with Gasteiger partial charge in [-0.1, -0.05) is 6.92 Å². The van der Waals surface area contributed by atoms with Crippen LogP contribution < -0.4 is 5.32 Å². The molecule has 0 aliphatic heterocycles. The Labute approximate surface area is 104 Å². The lowest BCUT2D eigenvalue weighted by atomic mass is 10.1. The van der Waals surface area contributed by atoms with E-state index in [-0.39, 0.29) is 5.60 Å². The maximum absolute atomic E-state index is 5.82. The van der Waals surface area contributed by atoms with Gasteiger partial charge in [-0.05, 0) is 38.3 Å². The standard InChI is InChI=1S/C14H23NO2/c1-10-7-12(10)13-6-5-11(17-13)8-15-9-14(2,3)16-4/h5-6,10,12,15H,7-9H2,1-4H3. The first kappa shape index (κ1) is 12.7. The summed E-state index contributed by atoms with van der Waals surface area (Å²) in [6.07, 6.45) is 1.27. The number of furan rings is 1. The van der Waals surface area contributed by atoms with Gasteiger partial charge in [0.1, 0.15) is 11.5 Å². The molecule has 2 atom stereocenters. The zero-order valence-corrected chi connectivity index (χ0v) is 11.2. The van der Waals surface area contributed by atoms with Crippen LogP contribution in [-0.2, 0) is 11.3 Å². The second-order valence-corrected chi connectivity index (χ2v) is 5.69. The van der Waals surface area contributed by atoms with E-state index in [9.17, 15) is 0 Å². The summed E-state index contributed by atoms with van der Waals surface area (Å²) in [5.74, 6) is 3.64. The molecule has 0 aromatic carbocycles. The van der Waals surface area contributed by atoms with Crippen molar-refractivity contribution >= 4 is 0 Å². The monoisotopic (exact) mass is 237 g/mol. The molecule has 1 N–H and O–H groups in total. The number of hydrogen-bond acceptors (Lipinski definition) is 3. The molecule has 0 saturated heterocycles. The van der Waals surface area contributed by atoms with E-state index >= 15 is 0 Å². The third-order valence-corrected chi connectivity index (χ3v) is 3.56. The normalized spacial score (nSPS) is 24.0. The molecule has 0 spiro atoms. The molecule has 1 aromatic heterocycles. The van der Waals surface area contributed by atoms with Gasteiger partial charge in [0, 0.05) is 19.6 Å². The zero-order valence-electron chi connectivity index (χ0n) is 11.2. The smallest absolute Gasteiger partial charge is 0.117 e. The van der Waals surface area contributed by atoms with Crippen LogP contribution in [0.15, 0.2) is 16.5 Å². The lowest BCUT2D eigenvalue weighted by Gasteiger charge is -2.22. The van der Waals surface area contributed by atoms with Crippen LogP contribution in [0.4, 0.5) is 0 Å². The summed E-state index contributed by atoms with van der Waals surface area (Å²) >= 11 is 0. The molecule has 0 radical (unpaired) electrons. The predicted octanol–water partition coefficient (Wildman–Crippen LogP) is 2.92. The zero-order chi connectivity index (χ0) is 12.5. The number of methoxy groups -OCH3 is 1. The predicted molar refractivity (Wildman–Crippen MR) is 68.0 cm³/mol. The van der Waals surface area contributed by atoms with Gasteiger partial charge < -0.3 is 14.5 Å². The molecule has 3 nitrogen and oxygen atoms in total. The fraction of sp³-hybridized carbons (Fsp3) is 0.714. The van der Waals surface area contributed by atoms with Crippen LogP contribution in [0.1, 0.15) is 44.6 Å². The number of hydrogen-bond donors (Lipinski definition) is 1. The Kier molecular flexibility index (Phi) is 3.59. The Hall–Kier alpha value is -0.800. The molecule has 1 saturated carbocycles. The molecule has 17 heavy (non-hydrogen) atoms. The summed E-state index contributed by atoms with van der Waals surface area (Å²) in [5.41, 5.74) is -0.125. The highest BCUT2D eigenvalue weighted by Gasteiger charge is 2.36. The lowest BCUT2D eigenvalue weighted by molar-refractivity contribution is 0.0227. The molecule has 1 aliphatic carbocycles. The molecular weight excluding hydrogens is 214 g/mol. The maximum Gasteiger partial charge on any atom is 0.117 e. The van der Waals surface area contributed by atoms with Gasteiger partial charge in [0.2, 0.25) is 0 Å². The number of nitrogens with one attached hydrogen (secondary N) is 1. The Morgan fingerprint density at radius 2 is 2.18 bits per heavy atom. The van der Waals surface area contributed by atoms with Crippen LogP contribution in [0.2, 0.25) is 0 Å². The minimum absolute atomic E-state index is 0.125. The second kappa shape index (κ2) is 4.83. The number of ether oxygens (including phenoxy) is 1. The molecule has 0 amide bonds. The van der Waals surface area contributed by atoms with Crippen molar-refractivity contribution in [2.45, 2.75) is 45.3 Å². The van der Waals surface area contributed by atoms with Crippen LogP contribution in [-0.4, -0.2) is 19.3 Å². The molecule has 1 aliphatic rings. The SMILES string of the molecule is COC(C)(C)CNCc1ccc(C2CC2C)o1. The fourth-order valence-electron chi connectivity index (χ4n) is 1.97. The third-order valence-electron chi connectivity index (χ3n) is 3.56. The van der Waals surface area contributed by atoms with E-state index in [2.05, 4.69) is 38.2 Å². The molecule has 0 bridgehead atoms. The van der Waals surface area contributed by atoms with E-state index < -0.39 is 0 Å². The first-order valence-corrected chi connectivity index (χ1v) is 6.36. The Balaban J connectivity index is 1.78. The van der Waals surface area contributed by atoms with Gasteiger partial charge in [-0.3, -0.25) is 0 Å². The lowest BCUT2D eigenvalue weighted by Crippen LogP contribution is -2.36. The van der Waals surface area contributed by atoms with Crippen molar-refractivity contribution < 1.29 is 9.15 Å². The average Bonchev–Trinajstić information content (AvgIpc) is 2.83. The largest absolute Gasteiger partial charge is 0.464 e. The van der Waals surface area contributed by atoms with Gasteiger partial charge in [0.25, 0.3) is 0 Å². The van der Waals surface area contributed by atoms with Crippen LogP contribution in [0.25, 0.3) is 0 Å². The highest BCUT2D eigenvalue weighted by Crippen LogP contribution is 2.47. The van der Waals surface area contributed by atoms with Gasteiger partial charge in [0.15, 0.2) is 0 Å². The first-order valence-electron chi connectivity index (χ1n) is 6.36. The van der Waals surface area contributed by atoms with Gasteiger partial charge in [-0.2, -0.15) is 0 Å². The average molecular weight is 237 g/mol. The molecule has 96 valence electrons. The summed E-state index contributed by atoms with van der Waals surface area (Å²) < 4.78 is 11.2. The van der Waals surface area contributed by atoms with E-state index in [1.807, 2.05) is 0 Å². The van der Waals surface area contributed by atoms with Crippen LogP contribution >= 0.6 is 0 Å². The summed E-state index contributed by atoms with van der Waals surface area (Å²) in [6, 6.07) is 4.19. The molecule has 1 fully saturated rings. The minimum Gasteiger partial charge on any atom is -0.464 e. The van der Waals surface area contributed by atoms with Gasteiger partial charge in [0.05, 0.1) is 12.1 Å². The van der Waals surface area contributed by atoms with Gasteiger partial charge in [-0.25, -0.2) is 0 Å². The van der Waals surface area contributed by atoms with E-state index in [1.54, 1.807) is 7.11 Å². The summed E-state index contributed by atoms with van der Waals surface area (Å²) in [4.78, 5) is 0. The second-order valence-electron chi connectivity index (χ2n) is 5.69. The van der Waals surface area contributed by atoms with E-state index in [1.165, 1.54) is 6.42 Å².